The number of halogens is 2. The maximum Gasteiger partial charge on any atom is 0.129 e. The van der Waals surface area contributed by atoms with Crippen molar-refractivity contribution >= 4 is 23.2 Å². The molecule has 0 aromatic carbocycles. The van der Waals surface area contributed by atoms with Crippen molar-refractivity contribution in [2.75, 3.05) is 39.4 Å². The molecule has 1 aromatic heterocycles. The van der Waals surface area contributed by atoms with Crippen LogP contribution in [0.3, 0.4) is 0 Å². The van der Waals surface area contributed by atoms with Crippen LogP contribution in [0.4, 0.5) is 0 Å². The number of ether oxygens (including phenoxy) is 1. The summed E-state index contributed by atoms with van der Waals surface area (Å²) in [4.78, 5) is 9.28. The van der Waals surface area contributed by atoms with Gasteiger partial charge in [0.2, 0.25) is 0 Å². The Kier molecular flexibility index (Phi) is 4.79. The molecular weight excluding hydrogens is 297 g/mol. The molecule has 2 saturated heterocycles. The molecule has 6 heteroatoms. The number of rotatable bonds is 3. The van der Waals surface area contributed by atoms with Crippen LogP contribution in [0.25, 0.3) is 0 Å². The third kappa shape index (κ3) is 3.43. The van der Waals surface area contributed by atoms with Crippen LogP contribution >= 0.6 is 23.2 Å². The predicted octanol–water partition coefficient (Wildman–Crippen LogP) is 2.29. The van der Waals surface area contributed by atoms with E-state index < -0.39 is 0 Å². The van der Waals surface area contributed by atoms with E-state index in [-0.39, 0.29) is 0 Å². The van der Waals surface area contributed by atoms with Crippen molar-refractivity contribution in [2.45, 2.75) is 19.0 Å². The molecule has 1 aromatic rings. The first-order chi connectivity index (χ1) is 9.72. The molecule has 0 spiro atoms. The van der Waals surface area contributed by atoms with Gasteiger partial charge in [-0.15, -0.1) is 0 Å². The Morgan fingerprint density at radius 2 is 2.00 bits per heavy atom. The van der Waals surface area contributed by atoms with Crippen molar-refractivity contribution in [3.05, 3.63) is 28.0 Å². The van der Waals surface area contributed by atoms with Gasteiger partial charge in [0.25, 0.3) is 0 Å². The van der Waals surface area contributed by atoms with Gasteiger partial charge in [-0.2, -0.15) is 0 Å². The van der Waals surface area contributed by atoms with E-state index in [4.69, 9.17) is 27.9 Å². The van der Waals surface area contributed by atoms with E-state index in [1.807, 2.05) is 6.07 Å². The zero-order valence-electron chi connectivity index (χ0n) is 11.4. The fourth-order valence-corrected chi connectivity index (χ4v) is 3.31. The lowest BCUT2D eigenvalue weighted by Crippen LogP contribution is -2.44. The highest BCUT2D eigenvalue weighted by Crippen LogP contribution is 2.22. The molecule has 1 unspecified atom stereocenters. The topological polar surface area (TPSA) is 28.6 Å². The minimum Gasteiger partial charge on any atom is -0.379 e. The smallest absolute Gasteiger partial charge is 0.129 e. The monoisotopic (exact) mass is 315 g/mol. The van der Waals surface area contributed by atoms with Crippen molar-refractivity contribution in [3.63, 3.8) is 0 Å². The van der Waals surface area contributed by atoms with Gasteiger partial charge in [0.1, 0.15) is 5.15 Å². The summed E-state index contributed by atoms with van der Waals surface area (Å²) in [7, 11) is 0. The molecule has 0 amide bonds. The summed E-state index contributed by atoms with van der Waals surface area (Å²) in [6.07, 6.45) is 1.21. The van der Waals surface area contributed by atoms with Crippen LogP contribution in [0.5, 0.6) is 0 Å². The normalized spacial score (nSPS) is 25.2. The van der Waals surface area contributed by atoms with Crippen LogP contribution in [-0.2, 0) is 11.3 Å². The third-order valence-electron chi connectivity index (χ3n) is 4.07. The lowest BCUT2D eigenvalue weighted by Gasteiger charge is -2.32. The predicted molar refractivity (Wildman–Crippen MR) is 80.3 cm³/mol. The summed E-state index contributed by atoms with van der Waals surface area (Å²) in [5.41, 5.74) is 0.877. The quantitative estimate of drug-likeness (QED) is 0.800. The van der Waals surface area contributed by atoms with Gasteiger partial charge in [0, 0.05) is 38.8 Å². The number of hydrogen-bond acceptors (Lipinski definition) is 4. The van der Waals surface area contributed by atoms with E-state index in [1.54, 1.807) is 6.07 Å². The number of hydrogen-bond donors (Lipinski definition) is 0. The summed E-state index contributed by atoms with van der Waals surface area (Å²) in [6.45, 7) is 6.76. The Morgan fingerprint density at radius 3 is 2.80 bits per heavy atom. The molecule has 0 N–H and O–H groups in total. The number of likely N-dealkylation sites (tertiary alicyclic amines) is 1. The Morgan fingerprint density at radius 1 is 1.20 bits per heavy atom. The van der Waals surface area contributed by atoms with Crippen LogP contribution in [0.1, 0.15) is 12.1 Å². The second-order valence-electron chi connectivity index (χ2n) is 5.39. The molecule has 20 heavy (non-hydrogen) atoms. The Labute approximate surface area is 129 Å². The first kappa shape index (κ1) is 14.5. The minimum absolute atomic E-state index is 0.508. The molecule has 2 fully saturated rings. The van der Waals surface area contributed by atoms with Crippen LogP contribution in [0.2, 0.25) is 10.2 Å². The number of morpholine rings is 1. The molecule has 110 valence electrons. The van der Waals surface area contributed by atoms with Crippen LogP contribution in [0, 0.1) is 0 Å². The average molecular weight is 316 g/mol. The van der Waals surface area contributed by atoms with Crippen LogP contribution < -0.4 is 0 Å². The lowest BCUT2D eigenvalue weighted by atomic mass is 10.2. The summed E-state index contributed by atoms with van der Waals surface area (Å²) < 4.78 is 5.41. The van der Waals surface area contributed by atoms with Crippen LogP contribution in [0.15, 0.2) is 12.1 Å². The molecule has 3 heterocycles. The number of nitrogens with zero attached hydrogens (tertiary/aromatic N) is 3. The van der Waals surface area contributed by atoms with E-state index in [0.717, 1.165) is 51.6 Å². The first-order valence-electron chi connectivity index (χ1n) is 7.07. The van der Waals surface area contributed by atoms with E-state index in [2.05, 4.69) is 14.8 Å². The highest BCUT2D eigenvalue weighted by molar-refractivity contribution is 6.32. The highest BCUT2D eigenvalue weighted by Gasteiger charge is 2.29. The van der Waals surface area contributed by atoms with Crippen molar-refractivity contribution in [2.24, 2.45) is 0 Å². The van der Waals surface area contributed by atoms with Gasteiger partial charge < -0.3 is 4.74 Å². The molecule has 4 nitrogen and oxygen atoms in total. The lowest BCUT2D eigenvalue weighted by molar-refractivity contribution is 0.0183. The number of pyridine rings is 1. The molecular formula is C14H19Cl2N3O. The molecule has 0 radical (unpaired) electrons. The van der Waals surface area contributed by atoms with E-state index in [1.165, 1.54) is 6.42 Å². The average Bonchev–Trinajstić information content (AvgIpc) is 2.92. The van der Waals surface area contributed by atoms with Crippen molar-refractivity contribution in [1.29, 1.82) is 0 Å². The molecule has 0 aliphatic carbocycles. The standard InChI is InChI=1S/C14H19Cl2N3O/c15-12-1-2-14(16)17-13(12)10-18-4-3-11(9-18)19-5-7-20-8-6-19/h1-2,11H,3-10H2. The minimum atomic E-state index is 0.508. The molecule has 3 rings (SSSR count). The second-order valence-corrected chi connectivity index (χ2v) is 6.18. The maximum absolute atomic E-state index is 6.18. The summed E-state index contributed by atoms with van der Waals surface area (Å²) >= 11 is 12.1. The molecule has 0 bridgehead atoms. The maximum atomic E-state index is 6.18. The van der Waals surface area contributed by atoms with E-state index in [0.29, 0.717) is 16.2 Å². The fourth-order valence-electron chi connectivity index (χ4n) is 2.98. The Hall–Kier alpha value is -0.390. The van der Waals surface area contributed by atoms with Gasteiger partial charge in [-0.3, -0.25) is 9.80 Å². The Bertz CT molecular complexity index is 466. The molecule has 1 atom stereocenters. The van der Waals surface area contributed by atoms with E-state index in [9.17, 15) is 0 Å². The largest absolute Gasteiger partial charge is 0.379 e. The zero-order chi connectivity index (χ0) is 13.9. The SMILES string of the molecule is Clc1ccc(Cl)c(CN2CCC(N3CCOCC3)C2)n1. The molecule has 2 aliphatic heterocycles. The van der Waals surface area contributed by atoms with Gasteiger partial charge >= 0.3 is 0 Å². The van der Waals surface area contributed by atoms with Gasteiger partial charge in [-0.25, -0.2) is 4.98 Å². The third-order valence-corrected chi connectivity index (χ3v) is 4.62. The summed E-state index contributed by atoms with van der Waals surface area (Å²) in [5.74, 6) is 0. The first-order valence-corrected chi connectivity index (χ1v) is 7.83. The van der Waals surface area contributed by atoms with Crippen molar-refractivity contribution in [3.8, 4) is 0 Å². The van der Waals surface area contributed by atoms with Gasteiger partial charge in [0.15, 0.2) is 0 Å². The molecule has 0 saturated carbocycles. The zero-order valence-corrected chi connectivity index (χ0v) is 12.9. The fraction of sp³-hybridized carbons (Fsp3) is 0.643. The molecule has 2 aliphatic rings. The van der Waals surface area contributed by atoms with Gasteiger partial charge in [-0.1, -0.05) is 23.2 Å². The Balaban J connectivity index is 1.58. The van der Waals surface area contributed by atoms with Crippen molar-refractivity contribution in [1.82, 2.24) is 14.8 Å². The van der Waals surface area contributed by atoms with Gasteiger partial charge in [-0.05, 0) is 18.6 Å². The second kappa shape index (κ2) is 6.58. The summed E-state index contributed by atoms with van der Waals surface area (Å²) in [5, 5.41) is 1.21. The van der Waals surface area contributed by atoms with Gasteiger partial charge in [0.05, 0.1) is 23.9 Å². The van der Waals surface area contributed by atoms with Crippen molar-refractivity contribution < 1.29 is 4.74 Å². The van der Waals surface area contributed by atoms with E-state index >= 15 is 0 Å². The highest BCUT2D eigenvalue weighted by atomic mass is 35.5. The number of aromatic nitrogens is 1. The van der Waals surface area contributed by atoms with Crippen LogP contribution in [-0.4, -0.2) is 60.2 Å². The summed E-state index contributed by atoms with van der Waals surface area (Å²) in [6, 6.07) is 4.19.